The van der Waals surface area contributed by atoms with Gasteiger partial charge in [-0.25, -0.2) is 0 Å². The van der Waals surface area contributed by atoms with E-state index >= 15 is 0 Å². The van der Waals surface area contributed by atoms with E-state index < -0.39 is 0 Å². The molecule has 0 aliphatic rings. The van der Waals surface area contributed by atoms with Crippen molar-refractivity contribution in [1.82, 2.24) is 4.98 Å². The Balaban J connectivity index is 1.80. The molecule has 0 aliphatic heterocycles. The topological polar surface area (TPSA) is 54.0 Å². The first-order valence-corrected chi connectivity index (χ1v) is 8.76. The van der Waals surface area contributed by atoms with Crippen LogP contribution < -0.4 is 10.6 Å². The fraction of sp³-hybridized carbons (Fsp3) is 0.182. The Labute approximate surface area is 154 Å². The number of hydrogen-bond acceptors (Lipinski definition) is 3. The van der Waals surface area contributed by atoms with Crippen LogP contribution in [0.4, 0.5) is 17.1 Å². The second-order valence-electron chi connectivity index (χ2n) is 6.30. The Kier molecular flexibility index (Phi) is 5.32. The van der Waals surface area contributed by atoms with Gasteiger partial charge in [-0.3, -0.25) is 9.78 Å². The number of aromatic nitrogens is 1. The smallest absolute Gasteiger partial charge is 0.257 e. The predicted molar refractivity (Wildman–Crippen MR) is 107 cm³/mol. The van der Waals surface area contributed by atoms with Gasteiger partial charge in [0.05, 0.1) is 17.4 Å². The van der Waals surface area contributed by atoms with Crippen LogP contribution in [0.25, 0.3) is 0 Å². The van der Waals surface area contributed by atoms with Gasteiger partial charge in [-0.15, -0.1) is 0 Å². The van der Waals surface area contributed by atoms with Crippen LogP contribution >= 0.6 is 0 Å². The summed E-state index contributed by atoms with van der Waals surface area (Å²) in [5, 5.41) is 6.33. The summed E-state index contributed by atoms with van der Waals surface area (Å²) in [5.74, 6) is -0.164. The van der Waals surface area contributed by atoms with Crippen molar-refractivity contribution in [2.75, 3.05) is 10.6 Å². The van der Waals surface area contributed by atoms with Crippen molar-refractivity contribution in [2.24, 2.45) is 0 Å². The molecule has 4 nitrogen and oxygen atoms in total. The lowest BCUT2D eigenvalue weighted by atomic mass is 10.1. The van der Waals surface area contributed by atoms with Crippen molar-refractivity contribution < 1.29 is 4.79 Å². The van der Waals surface area contributed by atoms with Crippen molar-refractivity contribution in [3.05, 3.63) is 83.2 Å². The average Bonchev–Trinajstić information content (AvgIpc) is 2.66. The van der Waals surface area contributed by atoms with E-state index in [0.29, 0.717) is 5.56 Å². The molecule has 4 heteroatoms. The Morgan fingerprint density at radius 1 is 1.00 bits per heavy atom. The van der Waals surface area contributed by atoms with E-state index in [4.69, 9.17) is 0 Å². The highest BCUT2D eigenvalue weighted by atomic mass is 16.1. The molecule has 132 valence electrons. The minimum atomic E-state index is -0.164. The van der Waals surface area contributed by atoms with Crippen molar-refractivity contribution in [1.29, 1.82) is 0 Å². The number of nitrogens with one attached hydrogen (secondary N) is 2. The first-order valence-electron chi connectivity index (χ1n) is 8.76. The molecule has 0 unspecified atom stereocenters. The van der Waals surface area contributed by atoms with Gasteiger partial charge in [-0.05, 0) is 55.2 Å². The van der Waals surface area contributed by atoms with Gasteiger partial charge in [0.25, 0.3) is 5.91 Å². The molecule has 0 fully saturated rings. The number of pyridine rings is 1. The lowest BCUT2D eigenvalue weighted by molar-refractivity contribution is 0.102. The Hall–Kier alpha value is -3.14. The van der Waals surface area contributed by atoms with Gasteiger partial charge in [-0.1, -0.05) is 37.3 Å². The van der Waals surface area contributed by atoms with Crippen LogP contribution in [0.15, 0.2) is 60.9 Å². The number of aryl methyl sites for hydroxylation is 2. The van der Waals surface area contributed by atoms with Gasteiger partial charge in [0.15, 0.2) is 0 Å². The maximum absolute atomic E-state index is 12.6. The molecular weight excluding hydrogens is 322 g/mol. The normalized spacial score (nSPS) is 10.4. The first-order chi connectivity index (χ1) is 12.6. The van der Waals surface area contributed by atoms with Crippen molar-refractivity contribution >= 4 is 23.0 Å². The van der Waals surface area contributed by atoms with E-state index in [1.807, 2.05) is 42.5 Å². The molecule has 0 aliphatic carbocycles. The minimum Gasteiger partial charge on any atom is -0.354 e. The molecule has 1 aromatic heterocycles. The second-order valence-corrected chi connectivity index (χ2v) is 6.30. The van der Waals surface area contributed by atoms with Crippen molar-refractivity contribution in [3.63, 3.8) is 0 Å². The van der Waals surface area contributed by atoms with E-state index in [2.05, 4.69) is 42.5 Å². The molecule has 3 rings (SSSR count). The van der Waals surface area contributed by atoms with Crippen LogP contribution in [0.1, 0.15) is 34.0 Å². The van der Waals surface area contributed by atoms with E-state index in [-0.39, 0.29) is 5.91 Å². The molecule has 0 saturated carbocycles. The highest BCUT2D eigenvalue weighted by Gasteiger charge is 2.10. The number of anilines is 3. The molecular formula is C22H23N3O. The largest absolute Gasteiger partial charge is 0.354 e. The number of benzene rings is 2. The summed E-state index contributed by atoms with van der Waals surface area (Å²) in [6.45, 7) is 6.22. The number of carbonyl (C=O) groups is 1. The van der Waals surface area contributed by atoms with Crippen molar-refractivity contribution in [2.45, 2.75) is 27.2 Å². The molecule has 0 spiro atoms. The monoisotopic (exact) mass is 345 g/mol. The molecule has 3 aromatic rings. The zero-order valence-electron chi connectivity index (χ0n) is 15.3. The van der Waals surface area contributed by atoms with E-state index in [1.54, 1.807) is 12.4 Å². The fourth-order valence-corrected chi connectivity index (χ4v) is 2.82. The molecule has 0 atom stereocenters. The quantitative estimate of drug-likeness (QED) is 0.663. The van der Waals surface area contributed by atoms with E-state index in [1.165, 1.54) is 11.1 Å². The average molecular weight is 345 g/mol. The van der Waals surface area contributed by atoms with Crippen molar-refractivity contribution in [3.8, 4) is 0 Å². The first kappa shape index (κ1) is 17.7. The third-order valence-electron chi connectivity index (χ3n) is 4.53. The molecule has 1 amide bonds. The molecule has 2 aromatic carbocycles. The molecule has 0 radical (unpaired) electrons. The number of hydrogen-bond donors (Lipinski definition) is 2. The molecule has 0 saturated heterocycles. The summed E-state index contributed by atoms with van der Waals surface area (Å²) in [7, 11) is 0. The molecule has 1 heterocycles. The van der Waals surface area contributed by atoms with E-state index in [0.717, 1.165) is 29.0 Å². The number of rotatable bonds is 5. The lowest BCUT2D eigenvalue weighted by Gasteiger charge is -2.13. The zero-order chi connectivity index (χ0) is 18.5. The summed E-state index contributed by atoms with van der Waals surface area (Å²) in [6.07, 6.45) is 4.17. The van der Waals surface area contributed by atoms with Gasteiger partial charge in [0, 0.05) is 17.6 Å². The third-order valence-corrected chi connectivity index (χ3v) is 4.53. The highest BCUT2D eigenvalue weighted by molar-refractivity contribution is 6.05. The van der Waals surface area contributed by atoms with Gasteiger partial charge in [-0.2, -0.15) is 0 Å². The number of nitrogens with zero attached hydrogens (tertiary/aromatic N) is 1. The number of para-hydroxylation sites is 1. The second kappa shape index (κ2) is 7.83. The molecule has 26 heavy (non-hydrogen) atoms. The third kappa shape index (κ3) is 3.91. The van der Waals surface area contributed by atoms with E-state index in [9.17, 15) is 4.79 Å². The van der Waals surface area contributed by atoms with Crippen LogP contribution in [0.2, 0.25) is 0 Å². The van der Waals surface area contributed by atoms with Gasteiger partial charge < -0.3 is 10.6 Å². The van der Waals surface area contributed by atoms with Crippen LogP contribution in [0.5, 0.6) is 0 Å². The maximum Gasteiger partial charge on any atom is 0.257 e. The molecule has 2 N–H and O–H groups in total. The van der Waals surface area contributed by atoms with Gasteiger partial charge in [0.1, 0.15) is 0 Å². The standard InChI is InChI=1S/C22H23N3O/c1-4-17-9-5-6-10-21(17)25-22(26)18-12-19(14-23-13-18)24-20-11-7-8-15(2)16(20)3/h5-14,24H,4H2,1-3H3,(H,25,26). The highest BCUT2D eigenvalue weighted by Crippen LogP contribution is 2.23. The SMILES string of the molecule is CCc1ccccc1NC(=O)c1cncc(Nc2cccc(C)c2C)c1. The Morgan fingerprint density at radius 2 is 1.77 bits per heavy atom. The number of carbonyl (C=O) groups excluding carboxylic acids is 1. The van der Waals surface area contributed by atoms with Crippen LogP contribution in [-0.2, 0) is 6.42 Å². The predicted octanol–water partition coefficient (Wildman–Crippen LogP) is 5.26. The Bertz CT molecular complexity index is 934. The van der Waals surface area contributed by atoms with Crippen LogP contribution in [0.3, 0.4) is 0 Å². The summed E-state index contributed by atoms with van der Waals surface area (Å²) < 4.78 is 0. The summed E-state index contributed by atoms with van der Waals surface area (Å²) >= 11 is 0. The van der Waals surface area contributed by atoms with Crippen LogP contribution in [-0.4, -0.2) is 10.9 Å². The zero-order valence-corrected chi connectivity index (χ0v) is 15.3. The minimum absolute atomic E-state index is 0.164. The van der Waals surface area contributed by atoms with Crippen LogP contribution in [0, 0.1) is 13.8 Å². The summed E-state index contributed by atoms with van der Waals surface area (Å²) in [6, 6.07) is 15.8. The Morgan fingerprint density at radius 3 is 2.58 bits per heavy atom. The van der Waals surface area contributed by atoms with Gasteiger partial charge >= 0.3 is 0 Å². The lowest BCUT2D eigenvalue weighted by Crippen LogP contribution is -2.13. The summed E-state index contributed by atoms with van der Waals surface area (Å²) in [5.41, 5.74) is 6.67. The molecule has 0 bridgehead atoms. The maximum atomic E-state index is 12.6. The van der Waals surface area contributed by atoms with Gasteiger partial charge in [0.2, 0.25) is 0 Å². The number of amides is 1. The fourth-order valence-electron chi connectivity index (χ4n) is 2.82. The summed E-state index contributed by atoms with van der Waals surface area (Å²) in [4.78, 5) is 16.8.